The molecule has 3 saturated heterocycles. The molecule has 3 heterocycles. The molecule has 3 fully saturated rings. The summed E-state index contributed by atoms with van der Waals surface area (Å²) in [5.74, 6) is 0.888. The molecule has 0 aliphatic carbocycles. The molecule has 0 amide bonds. The number of likely N-dealkylation sites (tertiary alicyclic amines) is 1. The van der Waals surface area contributed by atoms with E-state index in [2.05, 4.69) is 47.9 Å². The zero-order valence-corrected chi connectivity index (χ0v) is 15.3. The average Bonchev–Trinajstić information content (AvgIpc) is 2.60. The molecule has 0 spiro atoms. The standard InChI is InChI=1S/C21H32N2O/c1-17-5-4-10-23(14-17)19-8-11-22(12-9-19)20-7-3-6-18(13-20)21(2)15-24-16-21/h3,6-7,13,17,19H,4-5,8-12,14-16H2,1-2H3. The fraction of sp³-hybridized carbons (Fsp3) is 0.714. The van der Waals surface area contributed by atoms with Crippen LogP contribution in [0.25, 0.3) is 0 Å². The van der Waals surface area contributed by atoms with E-state index in [1.165, 1.54) is 63.1 Å². The number of anilines is 1. The molecule has 0 saturated carbocycles. The molecule has 24 heavy (non-hydrogen) atoms. The van der Waals surface area contributed by atoms with Crippen LogP contribution in [0.1, 0.15) is 45.1 Å². The molecule has 3 aliphatic heterocycles. The van der Waals surface area contributed by atoms with Crippen LogP contribution in [0.15, 0.2) is 24.3 Å². The molecule has 4 rings (SSSR count). The maximum absolute atomic E-state index is 5.45. The van der Waals surface area contributed by atoms with Gasteiger partial charge in [0.15, 0.2) is 0 Å². The lowest BCUT2D eigenvalue weighted by Crippen LogP contribution is -2.48. The van der Waals surface area contributed by atoms with Crippen molar-refractivity contribution in [2.24, 2.45) is 5.92 Å². The smallest absolute Gasteiger partial charge is 0.0582 e. The van der Waals surface area contributed by atoms with Gasteiger partial charge >= 0.3 is 0 Å². The summed E-state index contributed by atoms with van der Waals surface area (Å²) in [6, 6.07) is 10.0. The molecule has 1 atom stereocenters. The largest absolute Gasteiger partial charge is 0.379 e. The summed E-state index contributed by atoms with van der Waals surface area (Å²) in [5, 5.41) is 0. The molecule has 3 heteroatoms. The normalized spacial score (nSPS) is 28.6. The van der Waals surface area contributed by atoms with Crippen LogP contribution >= 0.6 is 0 Å². The van der Waals surface area contributed by atoms with Crippen molar-refractivity contribution in [3.63, 3.8) is 0 Å². The summed E-state index contributed by atoms with van der Waals surface area (Å²) in [4.78, 5) is 5.37. The lowest BCUT2D eigenvalue weighted by atomic mass is 9.80. The summed E-state index contributed by atoms with van der Waals surface area (Å²) in [7, 11) is 0. The third kappa shape index (κ3) is 3.21. The first kappa shape index (κ1) is 16.4. The Labute approximate surface area is 147 Å². The third-order valence-corrected chi connectivity index (χ3v) is 6.42. The van der Waals surface area contributed by atoms with Gasteiger partial charge in [-0.05, 0) is 55.8 Å². The van der Waals surface area contributed by atoms with Crippen LogP contribution in [0, 0.1) is 5.92 Å². The van der Waals surface area contributed by atoms with Crippen molar-refractivity contribution >= 4 is 5.69 Å². The first-order valence-electron chi connectivity index (χ1n) is 9.81. The van der Waals surface area contributed by atoms with Crippen LogP contribution in [0.5, 0.6) is 0 Å². The maximum atomic E-state index is 5.45. The van der Waals surface area contributed by atoms with Crippen LogP contribution in [-0.4, -0.2) is 50.3 Å². The fourth-order valence-corrected chi connectivity index (χ4v) is 4.70. The molecule has 132 valence electrons. The SMILES string of the molecule is CC1CCCN(C2CCN(c3cccc(C4(C)COC4)c3)CC2)C1. The molecule has 0 N–H and O–H groups in total. The van der Waals surface area contributed by atoms with Crippen molar-refractivity contribution in [1.29, 1.82) is 0 Å². The summed E-state index contributed by atoms with van der Waals surface area (Å²) >= 11 is 0. The predicted octanol–water partition coefficient (Wildman–Crippen LogP) is 3.68. The van der Waals surface area contributed by atoms with Crippen molar-refractivity contribution in [1.82, 2.24) is 4.90 Å². The van der Waals surface area contributed by atoms with E-state index in [0.29, 0.717) is 0 Å². The Morgan fingerprint density at radius 3 is 2.54 bits per heavy atom. The van der Waals surface area contributed by atoms with Crippen molar-refractivity contribution < 1.29 is 4.74 Å². The van der Waals surface area contributed by atoms with E-state index in [9.17, 15) is 0 Å². The zero-order chi connectivity index (χ0) is 16.6. The molecule has 3 nitrogen and oxygen atoms in total. The highest BCUT2D eigenvalue weighted by atomic mass is 16.5. The quantitative estimate of drug-likeness (QED) is 0.842. The van der Waals surface area contributed by atoms with Gasteiger partial charge in [0, 0.05) is 36.8 Å². The molecule has 0 bridgehead atoms. The minimum atomic E-state index is 0.234. The van der Waals surface area contributed by atoms with E-state index in [1.54, 1.807) is 0 Å². The second-order valence-corrected chi connectivity index (χ2v) is 8.56. The van der Waals surface area contributed by atoms with Gasteiger partial charge in [-0.15, -0.1) is 0 Å². The van der Waals surface area contributed by atoms with E-state index in [1.807, 2.05) is 0 Å². The Hall–Kier alpha value is -1.06. The van der Waals surface area contributed by atoms with Crippen molar-refractivity contribution in [2.75, 3.05) is 44.3 Å². The van der Waals surface area contributed by atoms with E-state index >= 15 is 0 Å². The van der Waals surface area contributed by atoms with Gasteiger partial charge in [0.1, 0.15) is 0 Å². The summed E-state index contributed by atoms with van der Waals surface area (Å²) < 4.78 is 5.45. The number of nitrogens with zero attached hydrogens (tertiary/aromatic N) is 2. The van der Waals surface area contributed by atoms with Gasteiger partial charge in [0.2, 0.25) is 0 Å². The second-order valence-electron chi connectivity index (χ2n) is 8.56. The highest BCUT2D eigenvalue weighted by Gasteiger charge is 2.35. The van der Waals surface area contributed by atoms with E-state index in [-0.39, 0.29) is 5.41 Å². The fourth-order valence-electron chi connectivity index (χ4n) is 4.70. The van der Waals surface area contributed by atoms with Crippen LogP contribution in [-0.2, 0) is 10.2 Å². The number of hydrogen-bond acceptors (Lipinski definition) is 3. The Balaban J connectivity index is 1.38. The molecule has 1 aromatic rings. The zero-order valence-electron chi connectivity index (χ0n) is 15.3. The van der Waals surface area contributed by atoms with Gasteiger partial charge in [-0.25, -0.2) is 0 Å². The highest BCUT2D eigenvalue weighted by molar-refractivity contribution is 5.51. The maximum Gasteiger partial charge on any atom is 0.0582 e. The van der Waals surface area contributed by atoms with Crippen molar-refractivity contribution in [3.05, 3.63) is 29.8 Å². The Morgan fingerprint density at radius 2 is 1.88 bits per heavy atom. The number of hydrogen-bond donors (Lipinski definition) is 0. The predicted molar refractivity (Wildman–Crippen MR) is 99.8 cm³/mol. The topological polar surface area (TPSA) is 15.7 Å². The number of ether oxygens (including phenoxy) is 1. The Morgan fingerprint density at radius 1 is 1.08 bits per heavy atom. The average molecular weight is 329 g/mol. The molecule has 3 aliphatic rings. The van der Waals surface area contributed by atoms with Gasteiger partial charge < -0.3 is 9.64 Å². The number of piperidine rings is 2. The van der Waals surface area contributed by atoms with Gasteiger partial charge in [-0.3, -0.25) is 4.90 Å². The molecule has 1 aromatic carbocycles. The van der Waals surface area contributed by atoms with E-state index < -0.39 is 0 Å². The third-order valence-electron chi connectivity index (χ3n) is 6.42. The van der Waals surface area contributed by atoms with Gasteiger partial charge in [0.05, 0.1) is 13.2 Å². The molecule has 1 unspecified atom stereocenters. The van der Waals surface area contributed by atoms with Gasteiger partial charge in [-0.1, -0.05) is 26.0 Å². The van der Waals surface area contributed by atoms with Crippen LogP contribution in [0.3, 0.4) is 0 Å². The lowest BCUT2D eigenvalue weighted by Gasteiger charge is -2.43. The first-order chi connectivity index (χ1) is 11.6. The highest BCUT2D eigenvalue weighted by Crippen LogP contribution is 2.34. The van der Waals surface area contributed by atoms with E-state index in [0.717, 1.165) is 25.2 Å². The van der Waals surface area contributed by atoms with Crippen molar-refractivity contribution in [3.8, 4) is 0 Å². The number of benzene rings is 1. The molecule has 0 radical (unpaired) electrons. The van der Waals surface area contributed by atoms with Crippen LogP contribution in [0.2, 0.25) is 0 Å². The monoisotopic (exact) mass is 328 g/mol. The Bertz CT molecular complexity index is 561. The van der Waals surface area contributed by atoms with E-state index in [4.69, 9.17) is 4.74 Å². The lowest BCUT2D eigenvalue weighted by molar-refractivity contribution is -0.0499. The summed E-state index contributed by atoms with van der Waals surface area (Å²) in [5.41, 5.74) is 3.09. The summed E-state index contributed by atoms with van der Waals surface area (Å²) in [6.45, 7) is 11.5. The summed E-state index contributed by atoms with van der Waals surface area (Å²) in [6.07, 6.45) is 5.45. The van der Waals surface area contributed by atoms with Gasteiger partial charge in [-0.2, -0.15) is 0 Å². The minimum absolute atomic E-state index is 0.234. The number of rotatable bonds is 3. The molecule has 0 aromatic heterocycles. The molecular weight excluding hydrogens is 296 g/mol. The van der Waals surface area contributed by atoms with Crippen LogP contribution < -0.4 is 4.90 Å². The second kappa shape index (κ2) is 6.68. The molecular formula is C21H32N2O. The van der Waals surface area contributed by atoms with Gasteiger partial charge in [0.25, 0.3) is 0 Å². The Kier molecular flexibility index (Phi) is 4.57. The van der Waals surface area contributed by atoms with Crippen molar-refractivity contribution in [2.45, 2.75) is 51.0 Å². The minimum Gasteiger partial charge on any atom is -0.379 e. The first-order valence-corrected chi connectivity index (χ1v) is 9.81. The van der Waals surface area contributed by atoms with Crippen LogP contribution in [0.4, 0.5) is 5.69 Å².